The molecule has 0 unspecified atom stereocenters. The van der Waals surface area contributed by atoms with Gasteiger partial charge in [-0.15, -0.1) is 0 Å². The first-order valence-corrected chi connectivity index (χ1v) is 5.09. The monoisotopic (exact) mass is 326 g/mol. The molecule has 0 aromatic carbocycles. The summed E-state index contributed by atoms with van der Waals surface area (Å²) in [7, 11) is 0. The summed E-state index contributed by atoms with van der Waals surface area (Å²) >= 11 is 0.960. The van der Waals surface area contributed by atoms with Crippen LogP contribution in [0.5, 0.6) is 0 Å². The first kappa shape index (κ1) is 11.0. The van der Waals surface area contributed by atoms with Crippen LogP contribution in [0.25, 0.3) is 0 Å². The number of hydrogen-bond donors (Lipinski definition) is 1. The summed E-state index contributed by atoms with van der Waals surface area (Å²) in [6.45, 7) is 5.11. The molecule has 11 heavy (non-hydrogen) atoms. The van der Waals surface area contributed by atoms with Crippen molar-refractivity contribution in [3.8, 4) is 0 Å². The Morgan fingerprint density at radius 1 is 1.64 bits per heavy atom. The molecule has 0 saturated carbocycles. The molecule has 0 aromatic rings. The average molecular weight is 326 g/mol. The fourth-order valence-corrected chi connectivity index (χ4v) is 0.970. The minimum absolute atomic E-state index is 0.177. The van der Waals surface area contributed by atoms with E-state index in [0.717, 1.165) is 44.9 Å². The van der Waals surface area contributed by atoms with E-state index in [1.54, 1.807) is 0 Å². The van der Waals surface area contributed by atoms with Crippen LogP contribution in [0, 0.1) is 5.92 Å². The normalized spacial score (nSPS) is 9.73. The number of nitrogens with zero attached hydrogens (tertiary/aromatic N) is 1. The van der Waals surface area contributed by atoms with Crippen LogP contribution in [-0.2, 0) is 19.6 Å². The van der Waals surface area contributed by atoms with Gasteiger partial charge in [0.1, 0.15) is 0 Å². The van der Waals surface area contributed by atoms with Crippen molar-refractivity contribution in [1.82, 2.24) is 5.32 Å². The molecule has 0 spiro atoms. The van der Waals surface area contributed by atoms with E-state index in [4.69, 9.17) is 0 Å². The first-order chi connectivity index (χ1) is 5.16. The Hall–Kier alpha value is -0.0417. The van der Waals surface area contributed by atoms with Gasteiger partial charge in [0, 0.05) is 0 Å². The summed E-state index contributed by atoms with van der Waals surface area (Å²) in [4.78, 5) is 10.6. The summed E-state index contributed by atoms with van der Waals surface area (Å²) < 4.78 is 3.54. The summed E-state index contributed by atoms with van der Waals surface area (Å²) in [6.07, 6.45) is 2.21. The Morgan fingerprint density at radius 3 is 2.73 bits per heavy atom. The van der Waals surface area contributed by atoms with Gasteiger partial charge in [0.15, 0.2) is 0 Å². The number of nitrogens with one attached hydrogen (secondary N) is 1. The van der Waals surface area contributed by atoms with Gasteiger partial charge in [-0.2, -0.15) is 0 Å². The second kappa shape index (κ2) is 6.66. The second-order valence-electron chi connectivity index (χ2n) is 2.86. The van der Waals surface area contributed by atoms with E-state index in [-0.39, 0.29) is 6.03 Å². The number of rotatable bonds is 4. The van der Waals surface area contributed by atoms with E-state index in [0.29, 0.717) is 0 Å². The molecule has 0 radical (unpaired) electrons. The molecule has 64 valence electrons. The Labute approximate surface area is 78.7 Å². The molecule has 0 aliphatic heterocycles. The molecule has 1 N–H and O–H groups in total. The molecule has 0 bridgehead atoms. The average Bonchev–Trinajstić information content (AvgIpc) is 1.97. The van der Waals surface area contributed by atoms with Crippen molar-refractivity contribution in [3.05, 3.63) is 0 Å². The number of hydrogen-bond acceptors (Lipinski definition) is 1. The quantitative estimate of drug-likeness (QED) is 0.788. The minimum atomic E-state index is -0.177. The molecule has 0 aliphatic rings. The van der Waals surface area contributed by atoms with Crippen LogP contribution in [0.4, 0.5) is 4.79 Å². The van der Waals surface area contributed by atoms with Gasteiger partial charge in [0.05, 0.1) is 0 Å². The van der Waals surface area contributed by atoms with Crippen molar-refractivity contribution in [2.24, 2.45) is 9.41 Å². The van der Waals surface area contributed by atoms with E-state index in [1.165, 1.54) is 0 Å². The number of carbonyl (C=O) groups is 1. The van der Waals surface area contributed by atoms with Gasteiger partial charge in [-0.3, -0.25) is 0 Å². The predicted molar refractivity (Wildman–Crippen MR) is 39.9 cm³/mol. The summed E-state index contributed by atoms with van der Waals surface area (Å²) in [5.41, 5.74) is 0. The van der Waals surface area contributed by atoms with Gasteiger partial charge in [0.25, 0.3) is 0 Å². The molecule has 0 aromatic heterocycles. The maximum atomic E-state index is 10.6. The van der Waals surface area contributed by atoms with Crippen molar-refractivity contribution >= 4 is 6.03 Å². The van der Waals surface area contributed by atoms with Crippen LogP contribution in [0.1, 0.15) is 26.7 Å². The van der Waals surface area contributed by atoms with E-state index in [2.05, 4.69) is 22.7 Å². The zero-order valence-electron chi connectivity index (χ0n) is 6.96. The van der Waals surface area contributed by atoms with Crippen molar-refractivity contribution in [3.63, 3.8) is 0 Å². The second-order valence-corrected chi connectivity index (χ2v) is 3.52. The van der Waals surface area contributed by atoms with Gasteiger partial charge in [0.2, 0.25) is 0 Å². The van der Waals surface area contributed by atoms with Crippen LogP contribution >= 0.6 is 0 Å². The molecule has 0 heterocycles. The van der Waals surface area contributed by atoms with Crippen molar-refractivity contribution in [2.75, 3.05) is 6.54 Å². The fourth-order valence-electron chi connectivity index (χ4n) is 0.738. The first-order valence-electron chi connectivity index (χ1n) is 3.78. The third-order valence-corrected chi connectivity index (χ3v) is 1.91. The fraction of sp³-hybridized carbons (Fsp3) is 0.857. The molecule has 0 fully saturated rings. The van der Waals surface area contributed by atoms with Crippen LogP contribution in [0.3, 0.4) is 0 Å². The van der Waals surface area contributed by atoms with Crippen molar-refractivity contribution in [2.45, 2.75) is 26.7 Å². The number of amides is 2. The standard InChI is InChI=1S/C7H14N2O.W/c1-6(2)4-3-5-9-7(8)10;/h6H,3-5H2,1-2H3,(H,9,10);. The summed E-state index contributed by atoms with van der Waals surface area (Å²) in [5.74, 6) is 0.719. The Kier molecular flexibility index (Phi) is 6.63. The number of carbonyl (C=O) groups excluding carboxylic acids is 1. The zero-order chi connectivity index (χ0) is 8.69. The Balaban J connectivity index is 3.14. The predicted octanol–water partition coefficient (Wildman–Crippen LogP) is 1.86. The molecular formula is C7H14N2OW. The van der Waals surface area contributed by atoms with Crippen molar-refractivity contribution < 1.29 is 24.4 Å². The van der Waals surface area contributed by atoms with Crippen LogP contribution in [-0.4, -0.2) is 12.6 Å². The van der Waals surface area contributed by atoms with Crippen LogP contribution in [0.15, 0.2) is 3.50 Å². The van der Waals surface area contributed by atoms with E-state index < -0.39 is 0 Å². The zero-order valence-corrected chi connectivity index (χ0v) is 9.90. The molecule has 3 nitrogen and oxygen atoms in total. The van der Waals surface area contributed by atoms with E-state index in [9.17, 15) is 4.79 Å². The van der Waals surface area contributed by atoms with Crippen molar-refractivity contribution in [1.29, 1.82) is 0 Å². The SMILES string of the molecule is CC(C)CCCNC(=O)[N]=[W]. The molecule has 0 aliphatic carbocycles. The van der Waals surface area contributed by atoms with Crippen LogP contribution in [0.2, 0.25) is 0 Å². The van der Waals surface area contributed by atoms with E-state index in [1.807, 2.05) is 0 Å². The molecule has 0 saturated heterocycles. The third kappa shape index (κ3) is 7.86. The Morgan fingerprint density at radius 2 is 2.27 bits per heavy atom. The number of urea groups is 1. The maximum absolute atomic E-state index is 10.6. The van der Waals surface area contributed by atoms with Gasteiger partial charge in [-0.05, 0) is 0 Å². The van der Waals surface area contributed by atoms with Gasteiger partial charge >= 0.3 is 78.4 Å². The molecular weight excluding hydrogens is 312 g/mol. The topological polar surface area (TPSA) is 41.5 Å². The van der Waals surface area contributed by atoms with Gasteiger partial charge in [-0.25, -0.2) is 0 Å². The molecule has 0 rings (SSSR count). The summed E-state index contributed by atoms with van der Waals surface area (Å²) in [6, 6.07) is -0.177. The van der Waals surface area contributed by atoms with Gasteiger partial charge < -0.3 is 0 Å². The Bertz CT molecular complexity index is 136. The van der Waals surface area contributed by atoms with E-state index >= 15 is 0 Å². The van der Waals surface area contributed by atoms with Gasteiger partial charge in [-0.1, -0.05) is 0 Å². The third-order valence-electron chi connectivity index (χ3n) is 1.32. The molecule has 2 amide bonds. The molecule has 4 heteroatoms. The summed E-state index contributed by atoms with van der Waals surface area (Å²) in [5, 5.41) is 2.70. The molecule has 0 atom stereocenters. The van der Waals surface area contributed by atoms with Crippen LogP contribution < -0.4 is 5.32 Å².